The van der Waals surface area contributed by atoms with E-state index in [1.54, 1.807) is 0 Å². The highest BCUT2D eigenvalue weighted by molar-refractivity contribution is 5.74. The Hall–Kier alpha value is -1.76. The van der Waals surface area contributed by atoms with E-state index in [1.807, 2.05) is 13.2 Å². The molecule has 0 fully saturated rings. The number of benzene rings is 1. The van der Waals surface area contributed by atoms with Crippen molar-refractivity contribution in [3.05, 3.63) is 65.4 Å². The molecular weight excluding hydrogens is 206 g/mol. The minimum atomic E-state index is 1.05. The lowest BCUT2D eigenvalue weighted by atomic mass is 9.99. The van der Waals surface area contributed by atoms with Gasteiger partial charge < -0.3 is 5.32 Å². The van der Waals surface area contributed by atoms with Crippen LogP contribution < -0.4 is 5.32 Å². The van der Waals surface area contributed by atoms with Crippen LogP contribution in [0, 0.1) is 13.8 Å². The zero-order valence-electron chi connectivity index (χ0n) is 11.2. The largest absolute Gasteiger partial charge is 0.394 e. The zero-order chi connectivity index (χ0) is 12.8. The highest BCUT2D eigenvalue weighted by Gasteiger charge is 1.99. The van der Waals surface area contributed by atoms with E-state index in [0.29, 0.717) is 0 Å². The normalized spacial score (nSPS) is 11.9. The van der Waals surface area contributed by atoms with Crippen molar-refractivity contribution in [1.82, 2.24) is 5.32 Å². The van der Waals surface area contributed by atoms with E-state index in [-0.39, 0.29) is 0 Å². The lowest BCUT2D eigenvalue weighted by Gasteiger charge is -2.06. The summed E-state index contributed by atoms with van der Waals surface area (Å²) in [6, 6.07) is 6.44. The molecule has 0 aliphatic heterocycles. The minimum Gasteiger partial charge on any atom is -0.394 e. The van der Waals surface area contributed by atoms with Gasteiger partial charge in [0.2, 0.25) is 0 Å². The van der Waals surface area contributed by atoms with Crippen molar-refractivity contribution in [3.63, 3.8) is 0 Å². The summed E-state index contributed by atoms with van der Waals surface area (Å²) in [6.07, 6.45) is 6.09. The van der Waals surface area contributed by atoms with Gasteiger partial charge in [0.25, 0.3) is 0 Å². The molecule has 0 radical (unpaired) electrons. The molecule has 1 heteroatoms. The third-order valence-electron chi connectivity index (χ3n) is 2.65. The van der Waals surface area contributed by atoms with Crippen LogP contribution in [0.15, 0.2) is 48.7 Å². The van der Waals surface area contributed by atoms with E-state index in [1.165, 1.54) is 22.3 Å². The second-order valence-corrected chi connectivity index (χ2v) is 4.35. The van der Waals surface area contributed by atoms with Gasteiger partial charge in [0, 0.05) is 7.05 Å². The lowest BCUT2D eigenvalue weighted by molar-refractivity contribution is 1.08. The fourth-order valence-electron chi connectivity index (χ4n) is 1.77. The fraction of sp³-hybridized carbons (Fsp3) is 0.250. The smallest absolute Gasteiger partial charge is 0.00277 e. The molecule has 0 atom stereocenters. The molecule has 0 aliphatic rings. The summed E-state index contributed by atoms with van der Waals surface area (Å²) < 4.78 is 0. The van der Waals surface area contributed by atoms with E-state index >= 15 is 0 Å². The minimum absolute atomic E-state index is 1.05. The molecule has 17 heavy (non-hydrogen) atoms. The molecule has 1 rings (SSSR count). The summed E-state index contributed by atoms with van der Waals surface area (Å²) >= 11 is 0. The van der Waals surface area contributed by atoms with Crippen LogP contribution >= 0.6 is 0 Å². The van der Waals surface area contributed by atoms with E-state index in [0.717, 1.165) is 5.57 Å². The molecular formula is C16H21N. The van der Waals surface area contributed by atoms with Crippen LogP contribution in [0.25, 0.3) is 5.57 Å². The molecule has 0 saturated heterocycles. The van der Waals surface area contributed by atoms with Crippen LogP contribution in [0.3, 0.4) is 0 Å². The van der Waals surface area contributed by atoms with Crippen LogP contribution in [0.2, 0.25) is 0 Å². The van der Waals surface area contributed by atoms with Gasteiger partial charge in [-0.3, -0.25) is 0 Å². The first kappa shape index (κ1) is 13.3. The number of nitrogens with one attached hydrogen (secondary N) is 1. The standard InChI is InChI=1S/C16H21N/c1-12-7-9-16(15(4)10-12)14(3)8-6-13(2)11-17-5/h6-11,17H,3H2,1-2,4-5H3/b8-6-,13-11-. The molecule has 0 aliphatic carbocycles. The van der Waals surface area contributed by atoms with E-state index < -0.39 is 0 Å². The average Bonchev–Trinajstić information content (AvgIpc) is 2.26. The Morgan fingerprint density at radius 2 is 1.94 bits per heavy atom. The molecule has 0 saturated carbocycles. The van der Waals surface area contributed by atoms with Gasteiger partial charge in [0.1, 0.15) is 0 Å². The molecule has 0 spiro atoms. The van der Waals surface area contributed by atoms with Crippen molar-refractivity contribution < 1.29 is 0 Å². The van der Waals surface area contributed by atoms with E-state index in [4.69, 9.17) is 0 Å². The Morgan fingerprint density at radius 3 is 2.53 bits per heavy atom. The molecule has 0 unspecified atom stereocenters. The summed E-state index contributed by atoms with van der Waals surface area (Å²) in [5.41, 5.74) is 6.00. The van der Waals surface area contributed by atoms with E-state index in [2.05, 4.69) is 63.0 Å². The van der Waals surface area contributed by atoms with Crippen LogP contribution in [0.5, 0.6) is 0 Å². The molecule has 90 valence electrons. The summed E-state index contributed by atoms with van der Waals surface area (Å²) in [5, 5.41) is 3.01. The molecule has 0 heterocycles. The molecule has 0 amide bonds. The second-order valence-electron chi connectivity index (χ2n) is 4.35. The van der Waals surface area contributed by atoms with Gasteiger partial charge in [0.05, 0.1) is 0 Å². The zero-order valence-corrected chi connectivity index (χ0v) is 11.2. The van der Waals surface area contributed by atoms with Gasteiger partial charge in [0.15, 0.2) is 0 Å². The maximum atomic E-state index is 4.11. The predicted octanol–water partition coefficient (Wildman–Crippen LogP) is 4.00. The van der Waals surface area contributed by atoms with Crippen LogP contribution in [0.1, 0.15) is 23.6 Å². The fourth-order valence-corrected chi connectivity index (χ4v) is 1.77. The molecule has 0 bridgehead atoms. The average molecular weight is 227 g/mol. The van der Waals surface area contributed by atoms with Gasteiger partial charge in [-0.05, 0) is 49.2 Å². The van der Waals surface area contributed by atoms with Crippen molar-refractivity contribution in [2.45, 2.75) is 20.8 Å². The third kappa shape index (κ3) is 3.95. The third-order valence-corrected chi connectivity index (χ3v) is 2.65. The molecule has 1 nitrogen and oxygen atoms in total. The number of rotatable bonds is 4. The maximum Gasteiger partial charge on any atom is 0.00277 e. The summed E-state index contributed by atoms with van der Waals surface area (Å²) in [7, 11) is 1.90. The monoisotopic (exact) mass is 227 g/mol. The lowest BCUT2D eigenvalue weighted by Crippen LogP contribution is -1.93. The quantitative estimate of drug-likeness (QED) is 0.767. The van der Waals surface area contributed by atoms with Gasteiger partial charge in [-0.1, -0.05) is 42.5 Å². The number of aryl methyl sites for hydroxylation is 2. The summed E-state index contributed by atoms with van der Waals surface area (Å²) in [5.74, 6) is 0. The van der Waals surface area contributed by atoms with Crippen molar-refractivity contribution in [2.75, 3.05) is 7.05 Å². The summed E-state index contributed by atoms with van der Waals surface area (Å²) in [4.78, 5) is 0. The number of hydrogen-bond donors (Lipinski definition) is 1. The Morgan fingerprint density at radius 1 is 1.24 bits per heavy atom. The topological polar surface area (TPSA) is 12.0 Å². The summed E-state index contributed by atoms with van der Waals surface area (Å²) in [6.45, 7) is 10.4. The first-order valence-electron chi connectivity index (χ1n) is 5.83. The van der Waals surface area contributed by atoms with Gasteiger partial charge >= 0.3 is 0 Å². The van der Waals surface area contributed by atoms with Crippen LogP contribution in [-0.2, 0) is 0 Å². The molecule has 1 aromatic rings. The molecule has 1 aromatic carbocycles. The molecule has 1 N–H and O–H groups in total. The van der Waals surface area contributed by atoms with Gasteiger partial charge in [-0.25, -0.2) is 0 Å². The van der Waals surface area contributed by atoms with Crippen molar-refractivity contribution in [1.29, 1.82) is 0 Å². The van der Waals surface area contributed by atoms with Crippen LogP contribution in [-0.4, -0.2) is 7.05 Å². The first-order valence-corrected chi connectivity index (χ1v) is 5.83. The number of allylic oxidation sites excluding steroid dienone is 4. The maximum absolute atomic E-state index is 4.11. The first-order chi connectivity index (χ1) is 8.04. The Kier molecular flexibility index (Phi) is 4.77. The van der Waals surface area contributed by atoms with Crippen molar-refractivity contribution in [3.8, 4) is 0 Å². The second kappa shape index (κ2) is 6.09. The highest BCUT2D eigenvalue weighted by atomic mass is 14.8. The van der Waals surface area contributed by atoms with E-state index in [9.17, 15) is 0 Å². The van der Waals surface area contributed by atoms with Gasteiger partial charge in [-0.2, -0.15) is 0 Å². The van der Waals surface area contributed by atoms with Crippen LogP contribution in [0.4, 0.5) is 0 Å². The highest BCUT2D eigenvalue weighted by Crippen LogP contribution is 2.20. The van der Waals surface area contributed by atoms with Gasteiger partial charge in [-0.15, -0.1) is 0 Å². The Bertz CT molecular complexity index is 464. The van der Waals surface area contributed by atoms with Crippen molar-refractivity contribution in [2.24, 2.45) is 0 Å². The Balaban J connectivity index is 2.87. The molecule has 0 aromatic heterocycles. The predicted molar refractivity (Wildman–Crippen MR) is 76.9 cm³/mol. The Labute approximate surface area is 105 Å². The van der Waals surface area contributed by atoms with Crippen molar-refractivity contribution >= 4 is 5.57 Å². The number of hydrogen-bond acceptors (Lipinski definition) is 1. The SMILES string of the molecule is C=C(/C=C\C(C)=C/NC)c1ccc(C)cc1C.